The van der Waals surface area contributed by atoms with Crippen LogP contribution in [-0.4, -0.2) is 13.2 Å². The molecule has 0 bridgehead atoms. The van der Waals surface area contributed by atoms with E-state index in [4.69, 9.17) is 26.3 Å². The molecule has 2 rings (SSSR count). The minimum absolute atomic E-state index is 0.364. The molecule has 0 spiro atoms. The Hall–Kier alpha value is -2.18. The zero-order valence-corrected chi connectivity index (χ0v) is 13.4. The lowest BCUT2D eigenvalue weighted by Crippen LogP contribution is -2.10. The highest BCUT2D eigenvalue weighted by molar-refractivity contribution is 6.30. The van der Waals surface area contributed by atoms with Crippen molar-refractivity contribution >= 4 is 11.6 Å². The van der Waals surface area contributed by atoms with E-state index < -0.39 is 0 Å². The summed E-state index contributed by atoms with van der Waals surface area (Å²) < 4.78 is 11.4. The molecule has 0 saturated heterocycles. The summed E-state index contributed by atoms with van der Waals surface area (Å²) in [5, 5.41) is 9.57. The summed E-state index contributed by atoms with van der Waals surface area (Å²) in [7, 11) is 0. The number of nitriles is 1. The quantitative estimate of drug-likeness (QED) is 0.719. The molecule has 0 heterocycles. The van der Waals surface area contributed by atoms with Crippen molar-refractivity contribution in [1.82, 2.24) is 0 Å². The fraction of sp³-hybridized carbons (Fsp3) is 0.278. The molecule has 0 aromatic heterocycles. The molecule has 0 atom stereocenters. The van der Waals surface area contributed by atoms with E-state index in [1.165, 1.54) is 5.56 Å². The van der Waals surface area contributed by atoms with Crippen LogP contribution in [0, 0.1) is 11.3 Å². The molecule has 0 aliphatic rings. The van der Waals surface area contributed by atoms with Gasteiger partial charge >= 0.3 is 0 Å². The predicted molar refractivity (Wildman–Crippen MR) is 87.7 cm³/mol. The smallest absolute Gasteiger partial charge is 0.137 e. The topological polar surface area (TPSA) is 42.2 Å². The van der Waals surface area contributed by atoms with Gasteiger partial charge in [-0.25, -0.2) is 0 Å². The molecule has 0 aliphatic carbocycles. The van der Waals surface area contributed by atoms with Crippen molar-refractivity contribution < 1.29 is 9.47 Å². The van der Waals surface area contributed by atoms with Crippen molar-refractivity contribution in [2.45, 2.75) is 19.8 Å². The monoisotopic (exact) mass is 315 g/mol. The largest absolute Gasteiger partial charge is 0.490 e. The van der Waals surface area contributed by atoms with E-state index in [0.29, 0.717) is 35.5 Å². The molecule has 3 nitrogen and oxygen atoms in total. The summed E-state index contributed by atoms with van der Waals surface area (Å²) >= 11 is 5.85. The van der Waals surface area contributed by atoms with Gasteiger partial charge in [0.15, 0.2) is 0 Å². The van der Waals surface area contributed by atoms with E-state index in [1.54, 1.807) is 18.2 Å². The molecule has 0 fully saturated rings. The third-order valence-electron chi connectivity index (χ3n) is 3.20. The van der Waals surface area contributed by atoms with Crippen LogP contribution in [0.5, 0.6) is 11.5 Å². The minimum atomic E-state index is 0.364. The Morgan fingerprint density at radius 3 is 2.41 bits per heavy atom. The number of hydrogen-bond acceptors (Lipinski definition) is 3. The second-order valence-corrected chi connectivity index (χ2v) is 5.58. The van der Waals surface area contributed by atoms with E-state index in [9.17, 15) is 0 Å². The van der Waals surface area contributed by atoms with Crippen LogP contribution in [0.4, 0.5) is 0 Å². The Morgan fingerprint density at radius 2 is 1.73 bits per heavy atom. The Kier molecular flexibility index (Phi) is 5.68. The average Bonchev–Trinajstić information content (AvgIpc) is 2.52. The molecule has 114 valence electrons. The molecule has 0 unspecified atom stereocenters. The van der Waals surface area contributed by atoms with Crippen molar-refractivity contribution in [2.75, 3.05) is 13.2 Å². The van der Waals surface area contributed by atoms with E-state index in [-0.39, 0.29) is 0 Å². The van der Waals surface area contributed by atoms with Gasteiger partial charge in [0.2, 0.25) is 0 Å². The van der Waals surface area contributed by atoms with Crippen LogP contribution >= 0.6 is 11.6 Å². The Morgan fingerprint density at radius 1 is 1.05 bits per heavy atom. The van der Waals surface area contributed by atoms with Crippen molar-refractivity contribution in [3.8, 4) is 17.6 Å². The van der Waals surface area contributed by atoms with E-state index in [2.05, 4.69) is 26.0 Å². The first-order valence-electron chi connectivity index (χ1n) is 7.16. The summed E-state index contributed by atoms with van der Waals surface area (Å²) in [6, 6.07) is 15.0. The first-order valence-corrected chi connectivity index (χ1v) is 7.53. The molecule has 0 amide bonds. The van der Waals surface area contributed by atoms with Crippen LogP contribution in [0.25, 0.3) is 0 Å². The van der Waals surface area contributed by atoms with Gasteiger partial charge in [0.05, 0.1) is 5.56 Å². The van der Waals surface area contributed by atoms with Crippen LogP contribution < -0.4 is 9.47 Å². The number of ether oxygens (including phenoxy) is 2. The van der Waals surface area contributed by atoms with Gasteiger partial charge in [0.1, 0.15) is 30.8 Å². The van der Waals surface area contributed by atoms with Crippen molar-refractivity contribution in [2.24, 2.45) is 0 Å². The highest BCUT2D eigenvalue weighted by Crippen LogP contribution is 2.26. The fourth-order valence-corrected chi connectivity index (χ4v) is 2.28. The average molecular weight is 316 g/mol. The number of hydrogen-bond donors (Lipinski definition) is 0. The van der Waals surface area contributed by atoms with E-state index in [1.807, 2.05) is 18.2 Å². The van der Waals surface area contributed by atoms with Crippen molar-refractivity contribution in [1.29, 1.82) is 5.26 Å². The SMILES string of the molecule is CC(C)c1ccccc1OCCOc1ccc(Cl)cc1C#N. The van der Waals surface area contributed by atoms with Gasteiger partial charge in [-0.05, 0) is 35.7 Å². The third kappa shape index (κ3) is 4.16. The molecule has 0 N–H and O–H groups in total. The van der Waals surface area contributed by atoms with Crippen molar-refractivity contribution in [3.05, 3.63) is 58.6 Å². The number of benzene rings is 2. The van der Waals surface area contributed by atoms with Crippen LogP contribution in [0.15, 0.2) is 42.5 Å². The van der Waals surface area contributed by atoms with Gasteiger partial charge in [0.25, 0.3) is 0 Å². The molecule has 2 aromatic rings. The highest BCUT2D eigenvalue weighted by atomic mass is 35.5. The molecule has 2 aromatic carbocycles. The second kappa shape index (κ2) is 7.72. The van der Waals surface area contributed by atoms with Crippen molar-refractivity contribution in [3.63, 3.8) is 0 Å². The maximum Gasteiger partial charge on any atom is 0.137 e. The maximum absolute atomic E-state index is 9.05. The van der Waals surface area contributed by atoms with Gasteiger partial charge in [0, 0.05) is 5.02 Å². The third-order valence-corrected chi connectivity index (χ3v) is 3.44. The molecular weight excluding hydrogens is 298 g/mol. The van der Waals surface area contributed by atoms with Gasteiger partial charge in [-0.2, -0.15) is 5.26 Å². The number of para-hydroxylation sites is 1. The Bertz CT molecular complexity index is 677. The lowest BCUT2D eigenvalue weighted by atomic mass is 10.0. The number of rotatable bonds is 6. The summed E-state index contributed by atoms with van der Waals surface area (Å²) in [4.78, 5) is 0. The van der Waals surface area contributed by atoms with Crippen LogP contribution in [-0.2, 0) is 0 Å². The lowest BCUT2D eigenvalue weighted by molar-refractivity contribution is 0.215. The molecule has 0 saturated carbocycles. The molecule has 4 heteroatoms. The van der Waals surface area contributed by atoms with Gasteiger partial charge in [-0.3, -0.25) is 0 Å². The predicted octanol–water partition coefficient (Wildman–Crippen LogP) is 4.79. The number of nitrogens with zero attached hydrogens (tertiary/aromatic N) is 1. The van der Waals surface area contributed by atoms with Gasteiger partial charge < -0.3 is 9.47 Å². The van der Waals surface area contributed by atoms with Crippen LogP contribution in [0.2, 0.25) is 5.02 Å². The summed E-state index contributed by atoms with van der Waals surface area (Å²) in [5.74, 6) is 1.80. The minimum Gasteiger partial charge on any atom is -0.490 e. The zero-order chi connectivity index (χ0) is 15.9. The van der Waals surface area contributed by atoms with E-state index >= 15 is 0 Å². The highest BCUT2D eigenvalue weighted by Gasteiger charge is 2.07. The van der Waals surface area contributed by atoms with Gasteiger partial charge in [-0.1, -0.05) is 43.6 Å². The lowest BCUT2D eigenvalue weighted by Gasteiger charge is -2.14. The standard InChI is InChI=1S/C18H18ClNO2/c1-13(2)16-5-3-4-6-18(16)22-10-9-21-17-8-7-15(19)11-14(17)12-20/h3-8,11,13H,9-10H2,1-2H3. The Balaban J connectivity index is 1.92. The first-order chi connectivity index (χ1) is 10.6. The second-order valence-electron chi connectivity index (χ2n) is 5.14. The molecule has 0 aliphatic heterocycles. The van der Waals surface area contributed by atoms with Crippen LogP contribution in [0.3, 0.4) is 0 Å². The Labute approximate surface area is 136 Å². The first kappa shape index (κ1) is 16.2. The van der Waals surface area contributed by atoms with Gasteiger partial charge in [-0.15, -0.1) is 0 Å². The number of halogens is 1. The summed E-state index contributed by atoms with van der Waals surface area (Å²) in [6.45, 7) is 5.04. The summed E-state index contributed by atoms with van der Waals surface area (Å²) in [5.41, 5.74) is 1.60. The molecule has 22 heavy (non-hydrogen) atoms. The normalized spacial score (nSPS) is 10.3. The van der Waals surface area contributed by atoms with Crippen LogP contribution in [0.1, 0.15) is 30.9 Å². The fourth-order valence-electron chi connectivity index (χ4n) is 2.11. The molecular formula is C18H18ClNO2. The molecule has 0 radical (unpaired) electrons. The zero-order valence-electron chi connectivity index (χ0n) is 12.7. The van der Waals surface area contributed by atoms with E-state index in [0.717, 1.165) is 5.75 Å². The summed E-state index contributed by atoms with van der Waals surface area (Å²) in [6.07, 6.45) is 0. The maximum atomic E-state index is 9.05.